The molecule has 0 fully saturated rings. The lowest BCUT2D eigenvalue weighted by Gasteiger charge is -2.07. The van der Waals surface area contributed by atoms with Crippen LogP contribution < -0.4 is 10.2 Å². The molecule has 5 nitrogen and oxygen atoms in total. The smallest absolute Gasteiger partial charge is 0.481 e. The van der Waals surface area contributed by atoms with Crippen LogP contribution in [0.1, 0.15) is 0 Å². The molecule has 76 valence electrons. The van der Waals surface area contributed by atoms with Gasteiger partial charge in [0.2, 0.25) is 5.88 Å². The fourth-order valence-corrected chi connectivity index (χ4v) is 1.42. The second kappa shape index (κ2) is 3.84. The summed E-state index contributed by atoms with van der Waals surface area (Å²) in [6, 6.07) is 3.50. The minimum atomic E-state index is -1.58. The highest BCUT2D eigenvalue weighted by Gasteiger charge is 2.18. The van der Waals surface area contributed by atoms with Gasteiger partial charge < -0.3 is 14.8 Å². The van der Waals surface area contributed by atoms with Crippen LogP contribution in [0.25, 0.3) is 10.9 Å². The maximum Gasteiger partial charge on any atom is 0.492 e. The van der Waals surface area contributed by atoms with Crippen LogP contribution in [0.4, 0.5) is 0 Å². The molecule has 0 aliphatic rings. The molecule has 6 heteroatoms. The molecule has 2 aromatic heterocycles. The monoisotopic (exact) mass is 204 g/mol. The Morgan fingerprint density at radius 3 is 2.80 bits per heavy atom. The Bertz CT molecular complexity index is 490. The lowest BCUT2D eigenvalue weighted by atomic mass is 9.80. The zero-order chi connectivity index (χ0) is 10.8. The zero-order valence-electron chi connectivity index (χ0n) is 8.08. The maximum absolute atomic E-state index is 9.12. The van der Waals surface area contributed by atoms with Crippen LogP contribution in [-0.4, -0.2) is 34.2 Å². The van der Waals surface area contributed by atoms with Gasteiger partial charge in [0.25, 0.3) is 0 Å². The Kier molecular flexibility index (Phi) is 2.53. The van der Waals surface area contributed by atoms with Crippen LogP contribution in [0.15, 0.2) is 24.5 Å². The summed E-state index contributed by atoms with van der Waals surface area (Å²) < 4.78 is 5.05. The van der Waals surface area contributed by atoms with Crippen LogP contribution >= 0.6 is 0 Å². The number of methoxy groups -OCH3 is 1. The SMILES string of the molecule is COc1ncc(B(O)O)c2ncccc12. The Morgan fingerprint density at radius 2 is 2.13 bits per heavy atom. The predicted molar refractivity (Wildman–Crippen MR) is 55.9 cm³/mol. The summed E-state index contributed by atoms with van der Waals surface area (Å²) in [6.45, 7) is 0. The van der Waals surface area contributed by atoms with Gasteiger partial charge >= 0.3 is 7.12 Å². The van der Waals surface area contributed by atoms with Crippen LogP contribution in [0.2, 0.25) is 0 Å². The number of aromatic nitrogens is 2. The largest absolute Gasteiger partial charge is 0.492 e. The van der Waals surface area contributed by atoms with Crippen molar-refractivity contribution in [3.8, 4) is 5.88 Å². The zero-order valence-corrected chi connectivity index (χ0v) is 8.08. The predicted octanol–water partition coefficient (Wildman–Crippen LogP) is -0.682. The molecule has 0 aliphatic heterocycles. The molecule has 0 unspecified atom stereocenters. The van der Waals surface area contributed by atoms with Crippen molar-refractivity contribution in [2.24, 2.45) is 0 Å². The first-order chi connectivity index (χ1) is 7.24. The molecular formula is C9H9BN2O3. The molecule has 0 saturated heterocycles. The van der Waals surface area contributed by atoms with E-state index < -0.39 is 7.12 Å². The van der Waals surface area contributed by atoms with Crippen LogP contribution in [0.5, 0.6) is 5.88 Å². The van der Waals surface area contributed by atoms with Crippen LogP contribution in [0, 0.1) is 0 Å². The average Bonchev–Trinajstić information content (AvgIpc) is 2.27. The number of fused-ring (bicyclic) bond motifs is 1. The Hall–Kier alpha value is -1.66. The highest BCUT2D eigenvalue weighted by atomic mass is 16.5. The highest BCUT2D eigenvalue weighted by Crippen LogP contribution is 2.18. The number of nitrogens with zero attached hydrogens (tertiary/aromatic N) is 2. The van der Waals surface area contributed by atoms with Crippen LogP contribution in [-0.2, 0) is 0 Å². The van der Waals surface area contributed by atoms with Gasteiger partial charge in [-0.3, -0.25) is 4.98 Å². The summed E-state index contributed by atoms with van der Waals surface area (Å²) >= 11 is 0. The summed E-state index contributed by atoms with van der Waals surface area (Å²) in [5.74, 6) is 0.419. The van der Waals surface area contributed by atoms with Crippen molar-refractivity contribution in [2.45, 2.75) is 0 Å². The van der Waals surface area contributed by atoms with Crippen molar-refractivity contribution in [3.05, 3.63) is 24.5 Å². The van der Waals surface area contributed by atoms with Gasteiger partial charge in [0.1, 0.15) is 0 Å². The molecule has 0 aliphatic carbocycles. The quantitative estimate of drug-likeness (QED) is 0.633. The van der Waals surface area contributed by atoms with E-state index >= 15 is 0 Å². The molecule has 0 radical (unpaired) electrons. The average molecular weight is 204 g/mol. The molecule has 0 aromatic carbocycles. The van der Waals surface area contributed by atoms with E-state index in [-0.39, 0.29) is 5.46 Å². The van der Waals surface area contributed by atoms with Crippen molar-refractivity contribution in [1.82, 2.24) is 9.97 Å². The highest BCUT2D eigenvalue weighted by molar-refractivity contribution is 6.61. The normalized spacial score (nSPS) is 10.3. The first-order valence-corrected chi connectivity index (χ1v) is 4.38. The fraction of sp³-hybridized carbons (Fsp3) is 0.111. The third kappa shape index (κ3) is 1.64. The molecule has 0 spiro atoms. The van der Waals surface area contributed by atoms with Gasteiger partial charge in [-0.1, -0.05) is 0 Å². The van der Waals surface area contributed by atoms with Crippen molar-refractivity contribution < 1.29 is 14.8 Å². The summed E-state index contributed by atoms with van der Waals surface area (Å²) in [5.41, 5.74) is 0.755. The molecule has 0 amide bonds. The van der Waals surface area contributed by atoms with E-state index in [2.05, 4.69) is 9.97 Å². The van der Waals surface area contributed by atoms with Gasteiger partial charge in [0.05, 0.1) is 18.0 Å². The molecule has 0 atom stereocenters. The number of pyridine rings is 2. The second-order valence-corrected chi connectivity index (χ2v) is 3.00. The molecule has 2 heterocycles. The van der Waals surface area contributed by atoms with Crippen molar-refractivity contribution >= 4 is 23.5 Å². The van der Waals surface area contributed by atoms with Gasteiger partial charge in [-0.05, 0) is 12.1 Å². The molecule has 2 N–H and O–H groups in total. The fourth-order valence-electron chi connectivity index (χ4n) is 1.42. The van der Waals surface area contributed by atoms with E-state index in [1.165, 1.54) is 13.3 Å². The Labute approximate surface area is 86.5 Å². The summed E-state index contributed by atoms with van der Waals surface area (Å²) in [5, 5.41) is 18.9. The number of hydrogen-bond donors (Lipinski definition) is 2. The first kappa shape index (κ1) is 9.88. The van der Waals surface area contributed by atoms with Gasteiger partial charge in [-0.15, -0.1) is 0 Å². The van der Waals surface area contributed by atoms with E-state index in [1.54, 1.807) is 18.3 Å². The van der Waals surface area contributed by atoms with Gasteiger partial charge in [-0.25, -0.2) is 4.98 Å². The van der Waals surface area contributed by atoms with Crippen molar-refractivity contribution in [1.29, 1.82) is 0 Å². The number of hydrogen-bond acceptors (Lipinski definition) is 5. The van der Waals surface area contributed by atoms with E-state index in [9.17, 15) is 0 Å². The third-order valence-corrected chi connectivity index (χ3v) is 2.10. The maximum atomic E-state index is 9.12. The number of rotatable bonds is 2. The lowest BCUT2D eigenvalue weighted by Crippen LogP contribution is -2.31. The minimum absolute atomic E-state index is 0.270. The van der Waals surface area contributed by atoms with E-state index in [0.29, 0.717) is 16.8 Å². The standard InChI is InChI=1S/C9H9BN2O3/c1-15-9-6-3-2-4-11-8(6)7(5-12-9)10(13)14/h2-5,13-14H,1H3. The molecule has 2 rings (SSSR count). The molecular weight excluding hydrogens is 195 g/mol. The van der Waals surface area contributed by atoms with Crippen LogP contribution in [0.3, 0.4) is 0 Å². The molecule has 2 aromatic rings. The van der Waals surface area contributed by atoms with Crippen molar-refractivity contribution in [2.75, 3.05) is 7.11 Å². The summed E-state index contributed by atoms with van der Waals surface area (Å²) in [7, 11) is -0.0788. The Balaban J connectivity index is 2.77. The third-order valence-electron chi connectivity index (χ3n) is 2.10. The topological polar surface area (TPSA) is 75.5 Å². The Morgan fingerprint density at radius 1 is 1.33 bits per heavy atom. The first-order valence-electron chi connectivity index (χ1n) is 4.38. The summed E-state index contributed by atoms with van der Waals surface area (Å²) in [4.78, 5) is 8.04. The van der Waals surface area contributed by atoms with Gasteiger partial charge in [0, 0.05) is 17.9 Å². The minimum Gasteiger partial charge on any atom is -0.481 e. The number of ether oxygens (including phenoxy) is 1. The van der Waals surface area contributed by atoms with E-state index in [0.717, 1.165) is 0 Å². The molecule has 0 saturated carbocycles. The van der Waals surface area contributed by atoms with Gasteiger partial charge in [0.15, 0.2) is 0 Å². The van der Waals surface area contributed by atoms with E-state index in [4.69, 9.17) is 14.8 Å². The summed E-state index contributed by atoms with van der Waals surface area (Å²) in [6.07, 6.45) is 2.92. The second-order valence-electron chi connectivity index (χ2n) is 3.00. The van der Waals surface area contributed by atoms with E-state index in [1.807, 2.05) is 0 Å². The van der Waals surface area contributed by atoms with Gasteiger partial charge in [-0.2, -0.15) is 0 Å². The lowest BCUT2D eigenvalue weighted by molar-refractivity contribution is 0.403. The molecule has 0 bridgehead atoms. The molecule has 15 heavy (non-hydrogen) atoms. The van der Waals surface area contributed by atoms with Crippen molar-refractivity contribution in [3.63, 3.8) is 0 Å².